The molecule has 1 atom stereocenters. The fraction of sp³-hybridized carbons (Fsp3) is 0.417. The Morgan fingerprint density at radius 2 is 1.43 bits per heavy atom. The molecule has 5 nitrogen and oxygen atoms in total. The predicted octanol–water partition coefficient (Wildman–Crippen LogP) is 3.62. The predicted molar refractivity (Wildman–Crippen MR) is 118 cm³/mol. The van der Waals surface area contributed by atoms with Gasteiger partial charge in [-0.05, 0) is 30.5 Å². The van der Waals surface area contributed by atoms with E-state index in [0.717, 1.165) is 23.3 Å². The number of piperidine rings is 1. The largest absolute Gasteiger partial charge is 0.378 e. The summed E-state index contributed by atoms with van der Waals surface area (Å²) >= 11 is 1.59. The number of carbonyl (C=O) groups is 2. The number of ether oxygens (including phenoxy) is 1. The Hall–Kier alpha value is -2.31. The first-order valence-electron chi connectivity index (χ1n) is 10.6. The first-order chi connectivity index (χ1) is 14.7. The van der Waals surface area contributed by atoms with Gasteiger partial charge in [-0.1, -0.05) is 48.5 Å². The van der Waals surface area contributed by atoms with Crippen molar-refractivity contribution in [1.82, 2.24) is 9.80 Å². The maximum absolute atomic E-state index is 13.5. The molecule has 0 radical (unpaired) electrons. The monoisotopic (exact) mass is 424 g/mol. The van der Waals surface area contributed by atoms with E-state index >= 15 is 0 Å². The number of rotatable bonds is 5. The van der Waals surface area contributed by atoms with Gasteiger partial charge in [-0.3, -0.25) is 9.59 Å². The van der Waals surface area contributed by atoms with Crippen LogP contribution in [0.1, 0.15) is 23.7 Å². The molecule has 2 aliphatic heterocycles. The van der Waals surface area contributed by atoms with Crippen LogP contribution in [0.3, 0.4) is 0 Å². The van der Waals surface area contributed by atoms with Crippen LogP contribution in [0, 0.1) is 5.92 Å². The Balaban J connectivity index is 1.41. The third kappa shape index (κ3) is 5.05. The van der Waals surface area contributed by atoms with E-state index in [4.69, 9.17) is 4.74 Å². The van der Waals surface area contributed by atoms with Gasteiger partial charge in [0.05, 0.1) is 13.2 Å². The van der Waals surface area contributed by atoms with Crippen LogP contribution in [0.4, 0.5) is 0 Å². The number of amides is 2. The number of carbonyl (C=O) groups excluding carboxylic acids is 2. The van der Waals surface area contributed by atoms with Gasteiger partial charge in [0.15, 0.2) is 0 Å². The molecule has 0 saturated carbocycles. The lowest BCUT2D eigenvalue weighted by atomic mass is 9.94. The number of thioether (sulfide) groups is 1. The Kier molecular flexibility index (Phi) is 7.07. The molecule has 2 amide bonds. The van der Waals surface area contributed by atoms with Crippen molar-refractivity contribution in [3.8, 4) is 0 Å². The van der Waals surface area contributed by atoms with Gasteiger partial charge in [0.2, 0.25) is 11.8 Å². The molecule has 0 aromatic heterocycles. The lowest BCUT2D eigenvalue weighted by Gasteiger charge is -2.36. The molecule has 0 bridgehead atoms. The second kappa shape index (κ2) is 10.1. The van der Waals surface area contributed by atoms with E-state index in [0.29, 0.717) is 39.4 Å². The Morgan fingerprint density at radius 1 is 0.833 bits per heavy atom. The molecule has 2 aromatic carbocycles. The molecule has 0 N–H and O–H groups in total. The molecule has 2 fully saturated rings. The number of morpholine rings is 1. The Labute approximate surface area is 182 Å². The van der Waals surface area contributed by atoms with Crippen molar-refractivity contribution in [2.75, 3.05) is 39.4 Å². The Bertz CT molecular complexity index is 832. The highest BCUT2D eigenvalue weighted by molar-refractivity contribution is 8.00. The first-order valence-corrected chi connectivity index (χ1v) is 11.5. The van der Waals surface area contributed by atoms with E-state index in [2.05, 4.69) is 0 Å². The molecule has 2 aliphatic rings. The van der Waals surface area contributed by atoms with Crippen molar-refractivity contribution in [1.29, 1.82) is 0 Å². The number of benzene rings is 2. The fourth-order valence-corrected chi connectivity index (χ4v) is 5.21. The molecule has 0 spiro atoms. The summed E-state index contributed by atoms with van der Waals surface area (Å²) < 4.78 is 5.35. The van der Waals surface area contributed by atoms with E-state index in [1.54, 1.807) is 11.8 Å². The van der Waals surface area contributed by atoms with Crippen molar-refractivity contribution in [2.24, 2.45) is 5.92 Å². The van der Waals surface area contributed by atoms with Crippen molar-refractivity contribution in [2.45, 2.75) is 23.0 Å². The van der Waals surface area contributed by atoms with Crippen LogP contribution in [0.25, 0.3) is 0 Å². The lowest BCUT2D eigenvalue weighted by molar-refractivity contribution is -0.143. The molecule has 6 heteroatoms. The minimum Gasteiger partial charge on any atom is -0.378 e. The normalized spacial score (nSPS) is 18.8. The summed E-state index contributed by atoms with van der Waals surface area (Å²) in [7, 11) is 0. The van der Waals surface area contributed by atoms with Crippen LogP contribution in [-0.4, -0.2) is 61.0 Å². The third-order valence-electron chi connectivity index (χ3n) is 5.80. The van der Waals surface area contributed by atoms with Crippen LogP contribution < -0.4 is 0 Å². The van der Waals surface area contributed by atoms with E-state index in [1.165, 1.54) is 0 Å². The van der Waals surface area contributed by atoms with E-state index in [9.17, 15) is 9.59 Å². The van der Waals surface area contributed by atoms with Crippen molar-refractivity contribution in [3.63, 3.8) is 0 Å². The van der Waals surface area contributed by atoms with Gasteiger partial charge in [-0.2, -0.15) is 0 Å². The van der Waals surface area contributed by atoms with Crippen LogP contribution >= 0.6 is 11.8 Å². The van der Waals surface area contributed by atoms with Crippen LogP contribution in [-0.2, 0) is 14.3 Å². The summed E-state index contributed by atoms with van der Waals surface area (Å²) in [6.07, 6.45) is 1.47. The smallest absolute Gasteiger partial charge is 0.240 e. The van der Waals surface area contributed by atoms with Gasteiger partial charge >= 0.3 is 0 Å². The van der Waals surface area contributed by atoms with Crippen LogP contribution in [0.5, 0.6) is 0 Å². The van der Waals surface area contributed by atoms with Gasteiger partial charge in [-0.15, -0.1) is 11.8 Å². The summed E-state index contributed by atoms with van der Waals surface area (Å²) in [6, 6.07) is 20.0. The van der Waals surface area contributed by atoms with Gasteiger partial charge < -0.3 is 14.5 Å². The van der Waals surface area contributed by atoms with Gasteiger partial charge in [-0.25, -0.2) is 0 Å². The zero-order valence-corrected chi connectivity index (χ0v) is 17.9. The minimum atomic E-state index is -0.278. The van der Waals surface area contributed by atoms with Crippen molar-refractivity contribution in [3.05, 3.63) is 66.2 Å². The molecule has 1 unspecified atom stereocenters. The molecule has 2 aromatic rings. The van der Waals surface area contributed by atoms with Gasteiger partial charge in [0.25, 0.3) is 0 Å². The first kappa shape index (κ1) is 20.9. The van der Waals surface area contributed by atoms with E-state index in [1.807, 2.05) is 70.5 Å². The summed E-state index contributed by atoms with van der Waals surface area (Å²) in [5.74, 6) is 0.375. The fourth-order valence-electron chi connectivity index (χ4n) is 4.08. The van der Waals surface area contributed by atoms with Crippen molar-refractivity contribution >= 4 is 23.6 Å². The Morgan fingerprint density at radius 3 is 2.07 bits per heavy atom. The van der Waals surface area contributed by atoms with Gasteiger partial charge in [0, 0.05) is 37.0 Å². The van der Waals surface area contributed by atoms with Crippen molar-refractivity contribution < 1.29 is 14.3 Å². The SMILES string of the molecule is O=C(C1CCN(C(=O)C(Sc2ccccc2)c2ccccc2)CC1)N1CCOCC1. The summed E-state index contributed by atoms with van der Waals surface area (Å²) in [5.41, 5.74) is 1.02. The summed E-state index contributed by atoms with van der Waals surface area (Å²) in [5, 5.41) is -0.278. The minimum absolute atomic E-state index is 0.0177. The van der Waals surface area contributed by atoms with Gasteiger partial charge in [0.1, 0.15) is 5.25 Å². The zero-order valence-electron chi connectivity index (χ0n) is 17.1. The number of hydrogen-bond donors (Lipinski definition) is 0. The maximum atomic E-state index is 13.5. The standard InChI is InChI=1S/C24H28N2O3S/c27-23(26-15-17-29-18-16-26)20-11-13-25(14-12-20)24(28)22(19-7-3-1-4-8-19)30-21-9-5-2-6-10-21/h1-10,20,22H,11-18H2. The van der Waals surface area contributed by atoms with Crippen LogP contribution in [0.2, 0.25) is 0 Å². The summed E-state index contributed by atoms with van der Waals surface area (Å²) in [4.78, 5) is 31.2. The molecule has 4 rings (SSSR count). The molecular formula is C24H28N2O3S. The summed E-state index contributed by atoms with van der Waals surface area (Å²) in [6.45, 7) is 3.89. The number of likely N-dealkylation sites (tertiary alicyclic amines) is 1. The topological polar surface area (TPSA) is 49.9 Å². The highest BCUT2D eigenvalue weighted by atomic mass is 32.2. The highest BCUT2D eigenvalue weighted by Gasteiger charge is 2.34. The molecule has 2 heterocycles. The molecule has 0 aliphatic carbocycles. The average molecular weight is 425 g/mol. The number of hydrogen-bond acceptors (Lipinski definition) is 4. The molecule has 158 valence electrons. The second-order valence-corrected chi connectivity index (χ2v) is 8.94. The van der Waals surface area contributed by atoms with E-state index < -0.39 is 0 Å². The molecule has 2 saturated heterocycles. The second-order valence-electron chi connectivity index (χ2n) is 7.76. The van der Waals surface area contributed by atoms with Crippen LogP contribution in [0.15, 0.2) is 65.6 Å². The molecule has 30 heavy (non-hydrogen) atoms. The third-order valence-corrected chi connectivity index (χ3v) is 7.06. The average Bonchev–Trinajstić information content (AvgIpc) is 2.83. The number of nitrogens with zero attached hydrogens (tertiary/aromatic N) is 2. The maximum Gasteiger partial charge on any atom is 0.240 e. The van der Waals surface area contributed by atoms with E-state index in [-0.39, 0.29) is 23.0 Å². The molecular weight excluding hydrogens is 396 g/mol. The zero-order chi connectivity index (χ0) is 20.8. The lowest BCUT2D eigenvalue weighted by Crippen LogP contribution is -2.48. The highest BCUT2D eigenvalue weighted by Crippen LogP contribution is 2.37. The quantitative estimate of drug-likeness (QED) is 0.688.